The zero-order valence-electron chi connectivity index (χ0n) is 10.8. The number of Topliss-reactive ketones (excluding diaryl/α,β-unsaturated/α-hetero) is 1. The Hall–Kier alpha value is -1.89. The van der Waals surface area contributed by atoms with E-state index in [9.17, 15) is 4.79 Å². The van der Waals surface area contributed by atoms with Crippen LogP contribution in [0.1, 0.15) is 35.7 Å². The minimum absolute atomic E-state index is 0.145. The van der Waals surface area contributed by atoms with Crippen molar-refractivity contribution < 1.29 is 4.79 Å². The van der Waals surface area contributed by atoms with Crippen molar-refractivity contribution in [3.8, 4) is 0 Å². The van der Waals surface area contributed by atoms with Gasteiger partial charge in [-0.3, -0.25) is 4.79 Å². The van der Waals surface area contributed by atoms with E-state index in [0.29, 0.717) is 0 Å². The molecule has 0 amide bonds. The lowest BCUT2D eigenvalue weighted by atomic mass is 9.82. The fourth-order valence-corrected chi connectivity index (χ4v) is 2.16. The summed E-state index contributed by atoms with van der Waals surface area (Å²) >= 11 is 0. The predicted octanol–water partition coefficient (Wildman–Crippen LogP) is 4.27. The van der Waals surface area contributed by atoms with E-state index >= 15 is 0 Å². The van der Waals surface area contributed by atoms with Gasteiger partial charge in [-0.2, -0.15) is 0 Å². The highest BCUT2D eigenvalue weighted by molar-refractivity contribution is 6.02. The van der Waals surface area contributed by atoms with Gasteiger partial charge in [-0.1, -0.05) is 74.5 Å². The molecule has 0 bridgehead atoms. The number of carbonyl (C=O) groups excluding carboxylic acids is 1. The van der Waals surface area contributed by atoms with E-state index in [1.807, 2.05) is 74.5 Å². The second-order valence-electron chi connectivity index (χ2n) is 4.65. The Balaban J connectivity index is 2.35. The summed E-state index contributed by atoms with van der Waals surface area (Å²) in [6.07, 6.45) is 0. The topological polar surface area (TPSA) is 17.1 Å². The molecule has 2 aromatic rings. The summed E-state index contributed by atoms with van der Waals surface area (Å²) in [5.74, 6) is 1.14. The molecule has 1 atom stereocenters. The van der Waals surface area contributed by atoms with E-state index in [2.05, 4.69) is 0 Å². The first-order valence-electron chi connectivity index (χ1n) is 6.14. The van der Waals surface area contributed by atoms with Crippen molar-refractivity contribution in [3.63, 3.8) is 0 Å². The van der Waals surface area contributed by atoms with Crippen LogP contribution in [-0.4, -0.2) is 5.78 Å². The van der Waals surface area contributed by atoms with Crippen LogP contribution in [0, 0.1) is 5.92 Å². The van der Waals surface area contributed by atoms with Gasteiger partial charge in [0.05, 0.1) is 5.92 Å². The SMILES string of the molecule is C[C](C)C(C(=O)c1ccccc1)c1ccccc1. The number of benzene rings is 2. The van der Waals surface area contributed by atoms with Crippen LogP contribution in [-0.2, 0) is 0 Å². The Morgan fingerprint density at radius 3 is 1.83 bits per heavy atom. The van der Waals surface area contributed by atoms with E-state index in [0.717, 1.165) is 17.0 Å². The van der Waals surface area contributed by atoms with Crippen LogP contribution in [0.5, 0.6) is 0 Å². The molecule has 2 aromatic carbocycles. The lowest BCUT2D eigenvalue weighted by Crippen LogP contribution is -2.17. The number of hydrogen-bond acceptors (Lipinski definition) is 1. The van der Waals surface area contributed by atoms with Crippen molar-refractivity contribution in [2.45, 2.75) is 19.8 Å². The molecule has 0 saturated heterocycles. The molecule has 0 aliphatic heterocycles. The predicted molar refractivity (Wildman–Crippen MR) is 74.5 cm³/mol. The van der Waals surface area contributed by atoms with Crippen LogP contribution in [0.3, 0.4) is 0 Å². The van der Waals surface area contributed by atoms with Gasteiger partial charge in [-0.05, 0) is 11.5 Å². The van der Waals surface area contributed by atoms with Gasteiger partial charge in [0.15, 0.2) is 5.78 Å². The van der Waals surface area contributed by atoms with Gasteiger partial charge in [0.25, 0.3) is 0 Å². The van der Waals surface area contributed by atoms with E-state index in [4.69, 9.17) is 0 Å². The molecule has 0 aliphatic rings. The third-order valence-corrected chi connectivity index (χ3v) is 3.03. The zero-order chi connectivity index (χ0) is 13.0. The van der Waals surface area contributed by atoms with E-state index in [1.165, 1.54) is 0 Å². The molecule has 2 rings (SSSR count). The third kappa shape index (κ3) is 2.67. The van der Waals surface area contributed by atoms with Gasteiger partial charge < -0.3 is 0 Å². The Labute approximate surface area is 108 Å². The van der Waals surface area contributed by atoms with Crippen molar-refractivity contribution >= 4 is 5.78 Å². The molecular weight excluding hydrogens is 220 g/mol. The average Bonchev–Trinajstić information content (AvgIpc) is 2.40. The Morgan fingerprint density at radius 2 is 1.33 bits per heavy atom. The van der Waals surface area contributed by atoms with Crippen LogP contribution >= 0.6 is 0 Å². The summed E-state index contributed by atoms with van der Waals surface area (Å²) in [5, 5.41) is 0. The molecule has 0 saturated carbocycles. The van der Waals surface area contributed by atoms with Crippen LogP contribution < -0.4 is 0 Å². The maximum absolute atomic E-state index is 12.6. The highest BCUT2D eigenvalue weighted by atomic mass is 16.1. The Kier molecular flexibility index (Phi) is 3.93. The van der Waals surface area contributed by atoms with Crippen molar-refractivity contribution in [3.05, 3.63) is 77.7 Å². The van der Waals surface area contributed by atoms with Crippen LogP contribution in [0.2, 0.25) is 0 Å². The molecule has 0 fully saturated rings. The lowest BCUT2D eigenvalue weighted by Gasteiger charge is -2.19. The molecule has 0 spiro atoms. The molecule has 0 heterocycles. The molecule has 1 nitrogen and oxygen atoms in total. The summed E-state index contributed by atoms with van der Waals surface area (Å²) in [4.78, 5) is 12.6. The Morgan fingerprint density at radius 1 is 0.833 bits per heavy atom. The highest BCUT2D eigenvalue weighted by Gasteiger charge is 2.25. The van der Waals surface area contributed by atoms with Gasteiger partial charge in [-0.15, -0.1) is 0 Å². The molecule has 91 valence electrons. The summed E-state index contributed by atoms with van der Waals surface area (Å²) < 4.78 is 0. The van der Waals surface area contributed by atoms with Crippen LogP contribution in [0.15, 0.2) is 60.7 Å². The molecular formula is C17H17O. The second-order valence-corrected chi connectivity index (χ2v) is 4.65. The zero-order valence-corrected chi connectivity index (χ0v) is 10.8. The third-order valence-electron chi connectivity index (χ3n) is 3.03. The first-order chi connectivity index (χ1) is 8.70. The van der Waals surface area contributed by atoms with Gasteiger partial charge in [0.2, 0.25) is 0 Å². The summed E-state index contributed by atoms with van der Waals surface area (Å²) in [5.41, 5.74) is 1.83. The quantitative estimate of drug-likeness (QED) is 0.726. The number of hydrogen-bond donors (Lipinski definition) is 0. The van der Waals surface area contributed by atoms with Gasteiger partial charge in [0, 0.05) is 5.56 Å². The molecule has 1 heteroatoms. The maximum Gasteiger partial charge on any atom is 0.170 e. The standard InChI is InChI=1S/C17H17O/c1-13(2)16(14-9-5-3-6-10-14)17(18)15-11-7-4-8-12-15/h3-12,16H,1-2H3. The highest BCUT2D eigenvalue weighted by Crippen LogP contribution is 2.29. The second kappa shape index (κ2) is 5.63. The molecule has 0 aliphatic carbocycles. The van der Waals surface area contributed by atoms with Crippen molar-refractivity contribution in [1.29, 1.82) is 0 Å². The maximum atomic E-state index is 12.6. The number of carbonyl (C=O) groups is 1. The number of ketones is 1. The Bertz CT molecular complexity index is 500. The summed E-state index contributed by atoms with van der Waals surface area (Å²) in [6, 6.07) is 19.4. The minimum Gasteiger partial charge on any atom is -0.293 e. The fourth-order valence-electron chi connectivity index (χ4n) is 2.16. The van der Waals surface area contributed by atoms with E-state index in [-0.39, 0.29) is 11.7 Å². The van der Waals surface area contributed by atoms with Gasteiger partial charge >= 0.3 is 0 Å². The normalized spacial score (nSPS) is 12.4. The van der Waals surface area contributed by atoms with E-state index in [1.54, 1.807) is 0 Å². The molecule has 0 N–H and O–H groups in total. The van der Waals surface area contributed by atoms with Crippen LogP contribution in [0.25, 0.3) is 0 Å². The summed E-state index contributed by atoms with van der Waals surface area (Å²) in [6.45, 7) is 4.02. The van der Waals surface area contributed by atoms with Gasteiger partial charge in [-0.25, -0.2) is 0 Å². The molecule has 0 aromatic heterocycles. The largest absolute Gasteiger partial charge is 0.293 e. The fraction of sp³-hybridized carbons (Fsp3) is 0.176. The monoisotopic (exact) mass is 237 g/mol. The van der Waals surface area contributed by atoms with Gasteiger partial charge in [0.1, 0.15) is 0 Å². The summed E-state index contributed by atoms with van der Waals surface area (Å²) in [7, 11) is 0. The smallest absolute Gasteiger partial charge is 0.170 e. The van der Waals surface area contributed by atoms with E-state index < -0.39 is 0 Å². The van der Waals surface area contributed by atoms with Crippen molar-refractivity contribution in [2.24, 2.45) is 0 Å². The molecule has 1 unspecified atom stereocenters. The number of rotatable bonds is 4. The molecule has 18 heavy (non-hydrogen) atoms. The first-order valence-corrected chi connectivity index (χ1v) is 6.14. The average molecular weight is 237 g/mol. The molecule has 1 radical (unpaired) electrons. The van der Waals surface area contributed by atoms with Crippen molar-refractivity contribution in [2.75, 3.05) is 0 Å². The van der Waals surface area contributed by atoms with Crippen molar-refractivity contribution in [1.82, 2.24) is 0 Å². The minimum atomic E-state index is -0.145. The lowest BCUT2D eigenvalue weighted by molar-refractivity contribution is 0.0965. The first kappa shape index (κ1) is 12.6. The van der Waals surface area contributed by atoms with Crippen LogP contribution in [0.4, 0.5) is 0 Å².